The Morgan fingerprint density at radius 2 is 1.72 bits per heavy atom. The van der Waals surface area contributed by atoms with E-state index in [0.717, 1.165) is 49.2 Å². The third-order valence-corrected chi connectivity index (χ3v) is 5.35. The average molecular weight is 373 g/mol. The summed E-state index contributed by atoms with van der Waals surface area (Å²) in [5.74, 6) is 2.57. The van der Waals surface area contributed by atoms with Crippen LogP contribution in [0.15, 0.2) is 18.2 Å². The summed E-state index contributed by atoms with van der Waals surface area (Å²) in [5.41, 5.74) is 1.16. The first kappa shape index (κ1) is 21.8. The van der Waals surface area contributed by atoms with E-state index in [9.17, 15) is 8.42 Å². The summed E-state index contributed by atoms with van der Waals surface area (Å²) in [7, 11) is -0.506. The molecule has 1 aromatic carbocycles. The van der Waals surface area contributed by atoms with Crippen LogP contribution in [0.25, 0.3) is 0 Å². The fraction of sp³-hybridized carbons (Fsp3) is 0.684. The maximum Gasteiger partial charge on any atom is 0.264 e. The molecule has 144 valence electrons. The highest BCUT2D eigenvalue weighted by molar-refractivity contribution is 7.85. The Kier molecular flexibility index (Phi) is 9.28. The molecule has 25 heavy (non-hydrogen) atoms. The minimum Gasteiger partial charge on any atom is -0.493 e. The minimum absolute atomic E-state index is 0.134. The molecule has 0 heterocycles. The molecule has 0 saturated carbocycles. The smallest absolute Gasteiger partial charge is 0.264 e. The minimum atomic E-state index is -3.82. The van der Waals surface area contributed by atoms with Gasteiger partial charge in [0.05, 0.1) is 20.0 Å². The quantitative estimate of drug-likeness (QED) is 0.436. The highest BCUT2D eigenvalue weighted by Crippen LogP contribution is 2.32. The van der Waals surface area contributed by atoms with Gasteiger partial charge in [0, 0.05) is 0 Å². The van der Waals surface area contributed by atoms with Gasteiger partial charge in [-0.05, 0) is 49.1 Å². The van der Waals surface area contributed by atoms with Gasteiger partial charge in [-0.2, -0.15) is 8.42 Å². The first-order chi connectivity index (χ1) is 11.8. The van der Waals surface area contributed by atoms with Crippen LogP contribution in [-0.2, 0) is 16.5 Å². The maximum absolute atomic E-state index is 10.7. The average Bonchev–Trinajstić information content (AvgIpc) is 2.55. The lowest BCUT2D eigenvalue weighted by atomic mass is 9.89. The zero-order valence-corrected chi connectivity index (χ0v) is 16.6. The molecule has 0 aromatic heterocycles. The van der Waals surface area contributed by atoms with Gasteiger partial charge in [0.2, 0.25) is 0 Å². The number of unbranched alkanes of at least 4 members (excludes halogenated alkanes) is 1. The lowest BCUT2D eigenvalue weighted by Gasteiger charge is -2.18. The van der Waals surface area contributed by atoms with Gasteiger partial charge in [-0.3, -0.25) is 4.55 Å². The monoisotopic (exact) mass is 372 g/mol. The normalized spacial score (nSPS) is 14.1. The highest BCUT2D eigenvalue weighted by atomic mass is 32.2. The predicted octanol–water partition coefficient (Wildman–Crippen LogP) is 4.36. The van der Waals surface area contributed by atoms with E-state index in [1.165, 1.54) is 0 Å². The van der Waals surface area contributed by atoms with Crippen LogP contribution in [0.2, 0.25) is 0 Å². The molecule has 2 atom stereocenters. The number of hydrogen-bond donors (Lipinski definition) is 1. The van der Waals surface area contributed by atoms with Crippen molar-refractivity contribution >= 4 is 10.1 Å². The summed E-state index contributed by atoms with van der Waals surface area (Å²) in [5, 5.41) is 0. The Morgan fingerprint density at radius 1 is 1.04 bits per heavy atom. The van der Waals surface area contributed by atoms with Crippen LogP contribution < -0.4 is 9.47 Å². The van der Waals surface area contributed by atoms with E-state index in [1.54, 1.807) is 14.2 Å². The third kappa shape index (κ3) is 8.59. The van der Waals surface area contributed by atoms with E-state index in [0.29, 0.717) is 18.3 Å². The molecule has 1 N–H and O–H groups in total. The lowest BCUT2D eigenvalue weighted by Crippen LogP contribution is -2.07. The number of ether oxygens (including phenoxy) is 2. The summed E-state index contributed by atoms with van der Waals surface area (Å²) < 4.78 is 41.0. The van der Waals surface area contributed by atoms with Gasteiger partial charge in [0.25, 0.3) is 10.1 Å². The SMILES string of the molecule is COc1cccc(CCC(C)CC(C)CCCCS(=O)(=O)O)c1OC. The van der Waals surface area contributed by atoms with Crippen molar-refractivity contribution in [1.82, 2.24) is 0 Å². The van der Waals surface area contributed by atoms with E-state index < -0.39 is 10.1 Å². The molecule has 0 saturated heterocycles. The van der Waals surface area contributed by atoms with Crippen molar-refractivity contribution < 1.29 is 22.4 Å². The van der Waals surface area contributed by atoms with E-state index in [2.05, 4.69) is 19.9 Å². The van der Waals surface area contributed by atoms with Gasteiger partial charge in [-0.1, -0.05) is 38.8 Å². The van der Waals surface area contributed by atoms with Gasteiger partial charge in [0.1, 0.15) is 0 Å². The van der Waals surface area contributed by atoms with Gasteiger partial charge >= 0.3 is 0 Å². The van der Waals surface area contributed by atoms with E-state index in [4.69, 9.17) is 14.0 Å². The van der Waals surface area contributed by atoms with Crippen molar-refractivity contribution in [2.75, 3.05) is 20.0 Å². The molecule has 0 aliphatic carbocycles. The standard InChI is InChI=1S/C19H32O5S/c1-15(8-5-6-13-25(20,21)22)14-16(2)11-12-17-9-7-10-18(23-3)19(17)24-4/h7,9-10,15-16H,5-6,8,11-14H2,1-4H3,(H,20,21,22). The summed E-state index contributed by atoms with van der Waals surface area (Å²) >= 11 is 0. The molecule has 1 aromatic rings. The van der Waals surface area contributed by atoms with E-state index >= 15 is 0 Å². The van der Waals surface area contributed by atoms with Crippen molar-refractivity contribution in [3.63, 3.8) is 0 Å². The summed E-state index contributed by atoms with van der Waals surface area (Å²) in [4.78, 5) is 0. The van der Waals surface area contributed by atoms with Crippen LogP contribution in [0.3, 0.4) is 0 Å². The number of benzene rings is 1. The first-order valence-corrected chi connectivity index (χ1v) is 10.5. The molecule has 0 aliphatic rings. The van der Waals surface area contributed by atoms with Gasteiger partial charge < -0.3 is 9.47 Å². The predicted molar refractivity (Wildman–Crippen MR) is 101 cm³/mol. The number of hydrogen-bond acceptors (Lipinski definition) is 4. The number of para-hydroxylation sites is 1. The Morgan fingerprint density at radius 3 is 2.32 bits per heavy atom. The third-order valence-electron chi connectivity index (χ3n) is 4.54. The van der Waals surface area contributed by atoms with Crippen LogP contribution >= 0.6 is 0 Å². The molecule has 6 heteroatoms. The van der Waals surface area contributed by atoms with Crippen molar-refractivity contribution in [3.8, 4) is 11.5 Å². The molecule has 0 radical (unpaired) electrons. The molecular formula is C19H32O5S. The van der Waals surface area contributed by atoms with Crippen LogP contribution in [-0.4, -0.2) is 32.9 Å². The van der Waals surface area contributed by atoms with Crippen LogP contribution in [0, 0.1) is 11.8 Å². The Bertz CT molecular complexity index is 612. The zero-order valence-electron chi connectivity index (χ0n) is 15.8. The molecule has 1 rings (SSSR count). The first-order valence-electron chi connectivity index (χ1n) is 8.91. The fourth-order valence-electron chi connectivity index (χ4n) is 3.25. The molecule has 2 unspecified atom stereocenters. The van der Waals surface area contributed by atoms with E-state index in [-0.39, 0.29) is 5.75 Å². The fourth-order valence-corrected chi connectivity index (χ4v) is 3.82. The number of rotatable bonds is 12. The maximum atomic E-state index is 10.7. The molecule has 0 spiro atoms. The van der Waals surface area contributed by atoms with E-state index in [1.807, 2.05) is 12.1 Å². The second kappa shape index (κ2) is 10.7. The Balaban J connectivity index is 2.38. The summed E-state index contributed by atoms with van der Waals surface area (Å²) in [6.07, 6.45) is 5.46. The Hall–Kier alpha value is -1.27. The van der Waals surface area contributed by atoms with Crippen LogP contribution in [0.5, 0.6) is 11.5 Å². The van der Waals surface area contributed by atoms with Crippen LogP contribution in [0.4, 0.5) is 0 Å². The lowest BCUT2D eigenvalue weighted by molar-refractivity contribution is 0.346. The van der Waals surface area contributed by atoms with Gasteiger partial charge in [-0.25, -0.2) is 0 Å². The van der Waals surface area contributed by atoms with Crippen LogP contribution in [0.1, 0.15) is 51.5 Å². The van der Waals surface area contributed by atoms with Crippen molar-refractivity contribution in [2.24, 2.45) is 11.8 Å². The number of methoxy groups -OCH3 is 2. The van der Waals surface area contributed by atoms with Crippen molar-refractivity contribution in [2.45, 2.75) is 52.4 Å². The largest absolute Gasteiger partial charge is 0.493 e. The van der Waals surface area contributed by atoms with Crippen molar-refractivity contribution in [3.05, 3.63) is 23.8 Å². The highest BCUT2D eigenvalue weighted by Gasteiger charge is 2.13. The van der Waals surface area contributed by atoms with Gasteiger partial charge in [-0.15, -0.1) is 0 Å². The number of aryl methyl sites for hydroxylation is 1. The Labute approximate surface area is 152 Å². The molecule has 0 fully saturated rings. The molecule has 0 aliphatic heterocycles. The summed E-state index contributed by atoms with van der Waals surface area (Å²) in [6, 6.07) is 5.96. The summed E-state index contributed by atoms with van der Waals surface area (Å²) in [6.45, 7) is 4.46. The molecule has 5 nitrogen and oxygen atoms in total. The second-order valence-corrected chi connectivity index (χ2v) is 8.49. The van der Waals surface area contributed by atoms with Crippen molar-refractivity contribution in [1.29, 1.82) is 0 Å². The van der Waals surface area contributed by atoms with Gasteiger partial charge in [0.15, 0.2) is 11.5 Å². The molecule has 0 bridgehead atoms. The zero-order chi connectivity index (χ0) is 18.9. The molecule has 0 amide bonds. The topological polar surface area (TPSA) is 72.8 Å². The molecular weight excluding hydrogens is 340 g/mol. The second-order valence-electron chi connectivity index (χ2n) is 6.92.